The Bertz CT molecular complexity index is 231. The van der Waals surface area contributed by atoms with Gasteiger partial charge < -0.3 is 0 Å². The second-order valence-electron chi connectivity index (χ2n) is 2.42. The molecule has 1 aromatic rings. The molecule has 0 aliphatic heterocycles. The molecule has 2 N–H and O–H groups in total. The van der Waals surface area contributed by atoms with E-state index in [9.17, 15) is 0 Å². The van der Waals surface area contributed by atoms with Crippen LogP contribution in [-0.4, -0.2) is 22.3 Å². The zero-order chi connectivity index (χ0) is 8.65. The van der Waals surface area contributed by atoms with Crippen molar-refractivity contribution >= 4 is 21.8 Å². The Balaban J connectivity index is 2.36. The van der Waals surface area contributed by atoms with Crippen molar-refractivity contribution in [2.75, 3.05) is 6.54 Å². The molecule has 1 nitrogen and oxygen atoms in total. The van der Waals surface area contributed by atoms with E-state index in [1.165, 1.54) is 10.8 Å². The van der Waals surface area contributed by atoms with Crippen LogP contribution in [0, 0.1) is 0 Å². The summed E-state index contributed by atoms with van der Waals surface area (Å²) in [4.78, 5) is 2.26. The summed E-state index contributed by atoms with van der Waals surface area (Å²) in [5.74, 6) is 0. The first-order chi connectivity index (χ1) is 5.93. The molecule has 0 saturated carbocycles. The Morgan fingerprint density at radius 1 is 1.25 bits per heavy atom. The fraction of sp³-hybridized carbons (Fsp3) is 0.200. The van der Waals surface area contributed by atoms with Gasteiger partial charge in [-0.1, -0.05) is 0 Å². The van der Waals surface area contributed by atoms with Crippen molar-refractivity contribution in [2.45, 2.75) is 5.21 Å². The molecule has 0 saturated heterocycles. The molecule has 0 fully saturated rings. The molecule has 2 heteroatoms. The summed E-state index contributed by atoms with van der Waals surface area (Å²) >= 11 is 0.324. The second-order valence-corrected chi connectivity index (χ2v) is 4.75. The molecule has 0 aliphatic rings. The molecule has 63 valence electrons. The first-order valence-corrected chi connectivity index (χ1v) is 6.43. The third-order valence-electron chi connectivity index (χ3n) is 1.43. The molecule has 0 bridgehead atoms. The van der Waals surface area contributed by atoms with E-state index in [1.54, 1.807) is 0 Å². The van der Waals surface area contributed by atoms with Gasteiger partial charge >= 0.3 is 80.1 Å². The molecule has 0 unspecified atom stereocenters. The monoisotopic (exact) mass is 222 g/mol. The number of nitrogens with two attached hydrogens (primary N) is 1. The predicted octanol–water partition coefficient (Wildman–Crippen LogP) is 1.74. The van der Waals surface area contributed by atoms with Gasteiger partial charge in [-0.2, -0.15) is 0 Å². The summed E-state index contributed by atoms with van der Waals surface area (Å²) < 4.78 is 0. The van der Waals surface area contributed by atoms with Crippen LogP contribution in [0.2, 0.25) is 5.21 Å². The predicted molar refractivity (Wildman–Crippen MR) is 55.1 cm³/mol. The van der Waals surface area contributed by atoms with Crippen molar-refractivity contribution in [3.05, 3.63) is 40.8 Å². The van der Waals surface area contributed by atoms with E-state index < -0.39 is 0 Å². The normalized spacial score (nSPS) is 11.8. The van der Waals surface area contributed by atoms with Gasteiger partial charge in [-0.15, -0.1) is 0 Å². The van der Waals surface area contributed by atoms with E-state index in [0.717, 1.165) is 6.54 Å². The van der Waals surface area contributed by atoms with Crippen molar-refractivity contribution in [1.82, 2.24) is 0 Å². The Labute approximate surface area is 80.4 Å². The van der Waals surface area contributed by atoms with Gasteiger partial charge in [0.1, 0.15) is 0 Å². The van der Waals surface area contributed by atoms with Crippen LogP contribution in [-0.2, 0) is 0 Å². The van der Waals surface area contributed by atoms with Crippen molar-refractivity contribution in [3.8, 4) is 0 Å². The van der Waals surface area contributed by atoms with Gasteiger partial charge in [-0.3, -0.25) is 0 Å². The summed E-state index contributed by atoms with van der Waals surface area (Å²) in [6.45, 7) is 0.819. The van der Waals surface area contributed by atoms with Gasteiger partial charge in [0.2, 0.25) is 0 Å². The van der Waals surface area contributed by atoms with Crippen LogP contribution in [0.1, 0.15) is 5.56 Å². The number of rotatable bonds is 4. The van der Waals surface area contributed by atoms with Gasteiger partial charge in [0.05, 0.1) is 0 Å². The van der Waals surface area contributed by atoms with Gasteiger partial charge in [0.25, 0.3) is 0 Å². The molecular formula is C10H13AsN. The standard InChI is InChI=1S/C10H13AsN/c12-9-8-11-7-6-10-4-2-1-3-5-10/h1-7H,8-9,12H2. The summed E-state index contributed by atoms with van der Waals surface area (Å²) in [6, 6.07) is 10.4. The molecule has 1 aromatic carbocycles. The summed E-state index contributed by atoms with van der Waals surface area (Å²) in [5.41, 5.74) is 6.68. The number of hydrogen-bond donors (Lipinski definition) is 1. The molecule has 1 radical (unpaired) electrons. The molecule has 0 aliphatic carbocycles. The van der Waals surface area contributed by atoms with Crippen LogP contribution in [0.15, 0.2) is 35.2 Å². The van der Waals surface area contributed by atoms with Gasteiger partial charge in [-0.05, 0) is 0 Å². The van der Waals surface area contributed by atoms with Crippen molar-refractivity contribution < 1.29 is 0 Å². The number of benzene rings is 1. The fourth-order valence-corrected chi connectivity index (χ4v) is 2.06. The molecule has 0 spiro atoms. The number of hydrogen-bond acceptors (Lipinski definition) is 1. The second kappa shape index (κ2) is 6.05. The van der Waals surface area contributed by atoms with E-state index in [-0.39, 0.29) is 0 Å². The van der Waals surface area contributed by atoms with Crippen LogP contribution in [0.4, 0.5) is 0 Å². The van der Waals surface area contributed by atoms with Crippen molar-refractivity contribution in [2.24, 2.45) is 5.73 Å². The minimum absolute atomic E-state index is 0.324. The Hall–Kier alpha value is -0.522. The molecule has 0 amide bonds. The summed E-state index contributed by atoms with van der Waals surface area (Å²) in [5, 5.41) is 1.17. The Morgan fingerprint density at radius 3 is 2.67 bits per heavy atom. The third-order valence-corrected chi connectivity index (χ3v) is 3.27. The van der Waals surface area contributed by atoms with Crippen LogP contribution < -0.4 is 5.73 Å². The molecule has 0 aromatic heterocycles. The molecule has 0 atom stereocenters. The van der Waals surface area contributed by atoms with Gasteiger partial charge in [0, 0.05) is 0 Å². The van der Waals surface area contributed by atoms with E-state index in [1.807, 2.05) is 6.07 Å². The maximum absolute atomic E-state index is 5.40. The van der Waals surface area contributed by atoms with E-state index >= 15 is 0 Å². The first-order valence-electron chi connectivity index (χ1n) is 4.02. The Kier molecular flexibility index (Phi) is 4.82. The Morgan fingerprint density at radius 2 is 2.00 bits per heavy atom. The van der Waals surface area contributed by atoms with Crippen LogP contribution in [0.25, 0.3) is 6.08 Å². The fourth-order valence-electron chi connectivity index (χ4n) is 0.852. The summed E-state index contributed by atoms with van der Waals surface area (Å²) in [7, 11) is 0. The van der Waals surface area contributed by atoms with Crippen LogP contribution in [0.3, 0.4) is 0 Å². The van der Waals surface area contributed by atoms with Crippen molar-refractivity contribution in [3.63, 3.8) is 0 Å². The van der Waals surface area contributed by atoms with E-state index in [0.29, 0.717) is 15.8 Å². The van der Waals surface area contributed by atoms with Gasteiger partial charge in [-0.25, -0.2) is 0 Å². The summed E-state index contributed by atoms with van der Waals surface area (Å²) in [6.07, 6.45) is 2.18. The molecular weight excluding hydrogens is 209 g/mol. The molecule has 1 rings (SSSR count). The zero-order valence-electron chi connectivity index (χ0n) is 6.98. The minimum atomic E-state index is 0.324. The average Bonchev–Trinajstić information content (AvgIpc) is 2.14. The average molecular weight is 222 g/mol. The SMILES string of the molecule is NCC[As]C=Cc1ccccc1. The van der Waals surface area contributed by atoms with Crippen LogP contribution in [0.5, 0.6) is 0 Å². The first kappa shape index (κ1) is 9.57. The van der Waals surface area contributed by atoms with Gasteiger partial charge in [0.15, 0.2) is 0 Å². The molecule has 12 heavy (non-hydrogen) atoms. The zero-order valence-corrected chi connectivity index (χ0v) is 8.86. The molecule has 0 heterocycles. The van der Waals surface area contributed by atoms with E-state index in [4.69, 9.17) is 5.73 Å². The van der Waals surface area contributed by atoms with Crippen molar-refractivity contribution in [1.29, 1.82) is 0 Å². The maximum atomic E-state index is 5.40. The topological polar surface area (TPSA) is 26.0 Å². The van der Waals surface area contributed by atoms with Crippen LogP contribution >= 0.6 is 0 Å². The van der Waals surface area contributed by atoms with E-state index in [2.05, 4.69) is 35.2 Å². The quantitative estimate of drug-likeness (QED) is 0.609. The third kappa shape index (κ3) is 3.75.